The number of thiol groups is 1. The Kier molecular flexibility index (Phi) is 7.62. The van der Waals surface area contributed by atoms with E-state index in [4.69, 9.17) is 11.5 Å². The Morgan fingerprint density at radius 1 is 1.10 bits per heavy atom. The van der Waals surface area contributed by atoms with Crippen LogP contribution in [-0.4, -0.2) is 57.7 Å². The third-order valence-electron chi connectivity index (χ3n) is 4.29. The van der Waals surface area contributed by atoms with Gasteiger partial charge in [-0.25, -0.2) is 4.79 Å². The highest BCUT2D eigenvalue weighted by Gasteiger charge is 2.29. The van der Waals surface area contributed by atoms with Crippen molar-refractivity contribution in [2.45, 2.75) is 31.0 Å². The molecule has 0 saturated heterocycles. The van der Waals surface area contributed by atoms with E-state index in [1.807, 2.05) is 24.3 Å². The van der Waals surface area contributed by atoms with Crippen LogP contribution in [0, 0.1) is 0 Å². The number of hydrogen-bond acceptors (Lipinski definition) is 6. The predicted octanol–water partition coefficient (Wildman–Crippen LogP) is -1.10. The number of aromatic nitrogens is 1. The van der Waals surface area contributed by atoms with Gasteiger partial charge in [-0.05, 0) is 11.6 Å². The van der Waals surface area contributed by atoms with E-state index in [1.54, 1.807) is 6.20 Å². The number of nitrogens with two attached hydrogens (primary N) is 2. The average Bonchev–Trinajstić information content (AvgIpc) is 3.08. The zero-order valence-electron chi connectivity index (χ0n) is 15.4. The largest absolute Gasteiger partial charge is 0.480 e. The average molecular weight is 421 g/mol. The topological polar surface area (TPSA) is 180 Å². The molecule has 3 atom stereocenters. The molecule has 1 aromatic carbocycles. The van der Waals surface area contributed by atoms with E-state index < -0.39 is 48.2 Å². The van der Waals surface area contributed by atoms with Crippen LogP contribution in [0.4, 0.5) is 0 Å². The quantitative estimate of drug-likeness (QED) is 0.239. The molecule has 2 rings (SSSR count). The summed E-state index contributed by atoms with van der Waals surface area (Å²) in [5, 5.41) is 15.0. The fourth-order valence-corrected chi connectivity index (χ4v) is 2.93. The van der Waals surface area contributed by atoms with Gasteiger partial charge in [0.05, 0.1) is 12.5 Å². The van der Waals surface area contributed by atoms with Crippen molar-refractivity contribution in [1.82, 2.24) is 15.6 Å². The summed E-state index contributed by atoms with van der Waals surface area (Å²) in [7, 11) is 0. The van der Waals surface area contributed by atoms with E-state index in [0.29, 0.717) is 5.56 Å². The number of amides is 3. The van der Waals surface area contributed by atoms with E-state index in [9.17, 15) is 24.3 Å². The Hall–Kier alpha value is -3.05. The maximum atomic E-state index is 12.6. The number of para-hydroxylation sites is 1. The third kappa shape index (κ3) is 5.96. The second kappa shape index (κ2) is 9.94. The minimum absolute atomic E-state index is 0.00151. The highest BCUT2D eigenvalue weighted by atomic mass is 32.1. The summed E-state index contributed by atoms with van der Waals surface area (Å²) in [5.74, 6) is -3.64. The summed E-state index contributed by atoms with van der Waals surface area (Å²) in [6.45, 7) is 0. The molecule has 11 heteroatoms. The molecule has 3 amide bonds. The molecule has 1 heterocycles. The van der Waals surface area contributed by atoms with Gasteiger partial charge in [0.25, 0.3) is 0 Å². The molecule has 8 N–H and O–H groups in total. The van der Waals surface area contributed by atoms with E-state index in [2.05, 4.69) is 28.2 Å². The normalized spacial score (nSPS) is 14.0. The Morgan fingerprint density at radius 2 is 1.76 bits per heavy atom. The van der Waals surface area contributed by atoms with Crippen molar-refractivity contribution in [3.8, 4) is 0 Å². The van der Waals surface area contributed by atoms with E-state index in [-0.39, 0.29) is 12.2 Å². The number of carbonyl (C=O) groups is 4. The third-order valence-corrected chi connectivity index (χ3v) is 4.68. The number of carbonyl (C=O) groups excluding carboxylic acids is 3. The number of primary amides is 1. The smallest absolute Gasteiger partial charge is 0.326 e. The first kappa shape index (κ1) is 22.2. The molecule has 0 fully saturated rings. The Morgan fingerprint density at radius 3 is 2.38 bits per heavy atom. The second-order valence-electron chi connectivity index (χ2n) is 6.48. The van der Waals surface area contributed by atoms with Gasteiger partial charge in [0.15, 0.2) is 0 Å². The van der Waals surface area contributed by atoms with Crippen LogP contribution < -0.4 is 22.1 Å². The van der Waals surface area contributed by atoms with Gasteiger partial charge < -0.3 is 32.2 Å². The summed E-state index contributed by atoms with van der Waals surface area (Å²) < 4.78 is 0. The van der Waals surface area contributed by atoms with E-state index >= 15 is 0 Å². The molecule has 156 valence electrons. The Balaban J connectivity index is 2.15. The molecule has 29 heavy (non-hydrogen) atoms. The van der Waals surface area contributed by atoms with Gasteiger partial charge in [0, 0.05) is 29.3 Å². The summed E-state index contributed by atoms with van der Waals surface area (Å²) in [6, 6.07) is 3.70. The monoisotopic (exact) mass is 421 g/mol. The molecular formula is C18H23N5O5S. The number of carboxylic acid groups (broad SMARTS) is 1. The molecule has 0 aliphatic carbocycles. The van der Waals surface area contributed by atoms with Gasteiger partial charge in [-0.2, -0.15) is 12.6 Å². The number of carboxylic acids is 1. The molecule has 0 spiro atoms. The molecule has 0 aliphatic heterocycles. The van der Waals surface area contributed by atoms with Crippen LogP contribution in [0.15, 0.2) is 30.5 Å². The molecule has 0 bridgehead atoms. The van der Waals surface area contributed by atoms with Crippen molar-refractivity contribution >= 4 is 47.2 Å². The number of nitrogens with one attached hydrogen (secondary N) is 3. The Labute approximate surface area is 171 Å². The van der Waals surface area contributed by atoms with Gasteiger partial charge in [-0.1, -0.05) is 18.2 Å². The van der Waals surface area contributed by atoms with Crippen LogP contribution in [0.2, 0.25) is 0 Å². The molecule has 2 aromatic rings. The van der Waals surface area contributed by atoms with Gasteiger partial charge >= 0.3 is 5.97 Å². The lowest BCUT2D eigenvalue weighted by Gasteiger charge is -2.21. The zero-order chi connectivity index (χ0) is 21.6. The molecule has 0 radical (unpaired) electrons. The molecular weight excluding hydrogens is 398 g/mol. The van der Waals surface area contributed by atoms with E-state index in [1.165, 1.54) is 0 Å². The van der Waals surface area contributed by atoms with Gasteiger partial charge in [-0.15, -0.1) is 0 Å². The molecule has 0 saturated carbocycles. The second-order valence-corrected chi connectivity index (χ2v) is 6.85. The number of hydrogen-bond donors (Lipinski definition) is 7. The van der Waals surface area contributed by atoms with E-state index in [0.717, 1.165) is 10.9 Å². The maximum absolute atomic E-state index is 12.6. The van der Waals surface area contributed by atoms with Crippen molar-refractivity contribution in [3.63, 3.8) is 0 Å². The number of fused-ring (bicyclic) bond motifs is 1. The summed E-state index contributed by atoms with van der Waals surface area (Å²) in [4.78, 5) is 50.5. The number of rotatable bonds is 10. The predicted molar refractivity (Wildman–Crippen MR) is 109 cm³/mol. The van der Waals surface area contributed by atoms with Crippen molar-refractivity contribution in [1.29, 1.82) is 0 Å². The summed E-state index contributed by atoms with van der Waals surface area (Å²) >= 11 is 3.90. The standard InChI is InChI=1S/C18H23N5O5S/c19-11(8-29)16(25)22-13(6-15(20)24)17(26)23-14(18(27)28)5-9-7-21-12-4-2-1-3-10(9)12/h1-4,7,11,13-14,21,29H,5-6,8,19H2,(H2,20,24)(H,22,25)(H,23,26)(H,27,28)/t11-,13-,14-/m0/s1. The number of benzene rings is 1. The van der Waals surface area contributed by atoms with Crippen LogP contribution in [-0.2, 0) is 25.6 Å². The highest BCUT2D eigenvalue weighted by Crippen LogP contribution is 2.19. The Bertz CT molecular complexity index is 915. The van der Waals surface area contributed by atoms with Crippen molar-refractivity contribution in [2.75, 3.05) is 5.75 Å². The molecule has 1 aromatic heterocycles. The minimum Gasteiger partial charge on any atom is -0.480 e. The lowest BCUT2D eigenvalue weighted by molar-refractivity contribution is -0.142. The summed E-state index contributed by atoms with van der Waals surface area (Å²) in [6.07, 6.45) is 1.16. The first-order chi connectivity index (χ1) is 13.7. The number of H-pyrrole nitrogens is 1. The number of aliphatic carboxylic acids is 1. The van der Waals surface area contributed by atoms with Crippen LogP contribution >= 0.6 is 12.6 Å². The van der Waals surface area contributed by atoms with Gasteiger partial charge in [-0.3, -0.25) is 14.4 Å². The lowest BCUT2D eigenvalue weighted by Crippen LogP contribution is -2.56. The van der Waals surface area contributed by atoms with Crippen LogP contribution in [0.25, 0.3) is 10.9 Å². The molecule has 0 aliphatic rings. The first-order valence-electron chi connectivity index (χ1n) is 8.76. The van der Waals surface area contributed by atoms with Crippen molar-refractivity contribution in [2.24, 2.45) is 11.5 Å². The minimum atomic E-state index is -1.35. The van der Waals surface area contributed by atoms with Gasteiger partial charge in [0.1, 0.15) is 12.1 Å². The van der Waals surface area contributed by atoms with Crippen molar-refractivity contribution < 1.29 is 24.3 Å². The molecule has 0 unspecified atom stereocenters. The first-order valence-corrected chi connectivity index (χ1v) is 9.39. The lowest BCUT2D eigenvalue weighted by atomic mass is 10.0. The molecule has 10 nitrogen and oxygen atoms in total. The van der Waals surface area contributed by atoms with Gasteiger partial charge in [0.2, 0.25) is 17.7 Å². The maximum Gasteiger partial charge on any atom is 0.326 e. The fraction of sp³-hybridized carbons (Fsp3) is 0.333. The zero-order valence-corrected chi connectivity index (χ0v) is 16.3. The van der Waals surface area contributed by atoms with Crippen LogP contribution in [0.1, 0.15) is 12.0 Å². The van der Waals surface area contributed by atoms with Crippen LogP contribution in [0.5, 0.6) is 0 Å². The fourth-order valence-electron chi connectivity index (χ4n) is 2.76. The van der Waals surface area contributed by atoms with Crippen molar-refractivity contribution in [3.05, 3.63) is 36.0 Å². The highest BCUT2D eigenvalue weighted by molar-refractivity contribution is 7.80. The SMILES string of the molecule is NC(=O)C[C@H](NC(=O)[C@@H](N)CS)C(=O)N[C@@H](Cc1c[nH]c2ccccc12)C(=O)O. The number of aromatic amines is 1. The van der Waals surface area contributed by atoms with Crippen LogP contribution in [0.3, 0.4) is 0 Å². The summed E-state index contributed by atoms with van der Waals surface area (Å²) in [5.41, 5.74) is 12.2.